The first-order valence-corrected chi connectivity index (χ1v) is 3.37. The molecule has 0 aromatic carbocycles. The maximum absolute atomic E-state index is 11.0. The fraction of sp³-hybridized carbons (Fsp3) is 1.00. The van der Waals surface area contributed by atoms with Gasteiger partial charge in [0.25, 0.3) is 0 Å². The van der Waals surface area contributed by atoms with Gasteiger partial charge < -0.3 is 10.4 Å². The fourth-order valence-corrected chi connectivity index (χ4v) is 0.637. The third kappa shape index (κ3) is 2.08. The van der Waals surface area contributed by atoms with Crippen molar-refractivity contribution in [1.29, 1.82) is 0 Å². The highest BCUT2D eigenvalue weighted by Crippen LogP contribution is 1.56. The molecule has 0 saturated heterocycles. The second kappa shape index (κ2) is 4.70. The lowest BCUT2D eigenvalue weighted by molar-refractivity contribution is -1.15. The number of aromatic amines is 2. The van der Waals surface area contributed by atoms with Crippen molar-refractivity contribution in [1.82, 2.24) is 30.7 Å². The van der Waals surface area contributed by atoms with Gasteiger partial charge in [-0.2, -0.15) is 9.68 Å². The lowest BCUT2D eigenvalue weighted by Gasteiger charge is -2.23. The van der Waals surface area contributed by atoms with Gasteiger partial charge in [-0.1, -0.05) is 10.7 Å². The first-order valence-electron chi connectivity index (χ1n) is 3.37. The maximum Gasteiger partial charge on any atom is 0.0991 e. The molecule has 1 rings (SSSR count). The summed E-state index contributed by atoms with van der Waals surface area (Å²) in [5.74, 6) is 0. The summed E-state index contributed by atoms with van der Waals surface area (Å²) in [5.41, 5.74) is 0. The van der Waals surface area contributed by atoms with Gasteiger partial charge >= 0.3 is 0 Å². The van der Waals surface area contributed by atoms with Crippen LogP contribution in [-0.4, -0.2) is 44.9 Å². The quantitative estimate of drug-likeness (QED) is 0.368. The summed E-state index contributed by atoms with van der Waals surface area (Å²) in [6.07, 6.45) is 0. The van der Waals surface area contributed by atoms with Crippen molar-refractivity contribution in [2.75, 3.05) is 14.2 Å². The van der Waals surface area contributed by atoms with Crippen LogP contribution in [0, 0.1) is 10.4 Å². The Balaban J connectivity index is 3.02. The van der Waals surface area contributed by atoms with Crippen molar-refractivity contribution in [2.45, 2.75) is 0 Å². The molecule has 82 valence electrons. The van der Waals surface area contributed by atoms with Crippen LogP contribution in [0.3, 0.4) is 0 Å². The molecule has 4 N–H and O–H groups in total. The van der Waals surface area contributed by atoms with E-state index in [9.17, 15) is 10.4 Å². The van der Waals surface area contributed by atoms with Crippen LogP contribution in [0.2, 0.25) is 0 Å². The number of aromatic nitrogens is 6. The van der Waals surface area contributed by atoms with E-state index < -0.39 is 10.7 Å². The summed E-state index contributed by atoms with van der Waals surface area (Å²) < 4.78 is 0. The van der Waals surface area contributed by atoms with E-state index in [0.717, 1.165) is 14.2 Å². The topological polar surface area (TPSA) is 141 Å². The van der Waals surface area contributed by atoms with Gasteiger partial charge in [0.2, 0.25) is 0 Å². The Kier molecular flexibility index (Phi) is 3.57. The molecular weight excluding hydrogens is 200 g/mol. The van der Waals surface area contributed by atoms with Crippen LogP contribution in [0.1, 0.15) is 0 Å². The maximum atomic E-state index is 11.0. The van der Waals surface area contributed by atoms with E-state index >= 15 is 0 Å². The van der Waals surface area contributed by atoms with Gasteiger partial charge in [0.05, 0.1) is 24.0 Å². The molecule has 1 heterocycles. The standard InChI is InChI=1S/C2H10N8O4/c1-13-9(11)7-5-3-4-6-8(7)10(12)14-2/h9-10H,1-2H3,(H,4,5)(H,3,6). The predicted octanol–water partition coefficient (Wildman–Crippen LogP) is -4.73. The van der Waals surface area contributed by atoms with Gasteiger partial charge in [-0.05, 0) is 10.4 Å². The van der Waals surface area contributed by atoms with Gasteiger partial charge in [-0.3, -0.25) is 0 Å². The number of nitrogens with zero attached hydrogens (tertiary/aromatic N) is 4. The third-order valence-corrected chi connectivity index (χ3v) is 1.22. The van der Waals surface area contributed by atoms with Gasteiger partial charge in [-0.25, -0.2) is 0 Å². The Morgan fingerprint density at radius 1 is 1.00 bits per heavy atom. The molecule has 12 heteroatoms. The van der Waals surface area contributed by atoms with Crippen LogP contribution >= 0.6 is 0 Å². The minimum Gasteiger partial charge on any atom is -0.571 e. The van der Waals surface area contributed by atoms with Crippen molar-refractivity contribution in [3.05, 3.63) is 10.4 Å². The minimum atomic E-state index is -0.860. The molecule has 14 heavy (non-hydrogen) atoms. The lowest BCUT2D eigenvalue weighted by Crippen LogP contribution is -3.18. The molecule has 0 amide bonds. The van der Waals surface area contributed by atoms with Crippen molar-refractivity contribution in [3.63, 3.8) is 0 Å². The summed E-state index contributed by atoms with van der Waals surface area (Å²) in [5, 5.41) is 31.1. The third-order valence-electron chi connectivity index (χ3n) is 1.22. The molecule has 0 spiro atoms. The van der Waals surface area contributed by atoms with Gasteiger partial charge in [0.1, 0.15) is 0 Å². The first-order chi connectivity index (χ1) is 6.70. The largest absolute Gasteiger partial charge is 0.571 e. The van der Waals surface area contributed by atoms with E-state index in [-0.39, 0.29) is 0 Å². The molecule has 0 aliphatic rings. The molecule has 0 fully saturated rings. The Labute approximate surface area is 76.8 Å². The van der Waals surface area contributed by atoms with Crippen molar-refractivity contribution < 1.29 is 20.3 Å². The Bertz CT molecular complexity index is 265. The number of nitrogens with one attached hydrogen (secondary N) is 4. The highest BCUT2D eigenvalue weighted by atomic mass is 17.0. The Hall–Kier alpha value is -1.44. The summed E-state index contributed by atoms with van der Waals surface area (Å²) in [6, 6.07) is 0. The zero-order valence-corrected chi connectivity index (χ0v) is 7.42. The molecule has 0 aliphatic heterocycles. The van der Waals surface area contributed by atoms with Crippen LogP contribution in [0.5, 0.6) is 0 Å². The lowest BCUT2D eigenvalue weighted by atomic mass is 11.7. The summed E-state index contributed by atoms with van der Waals surface area (Å²) in [6.45, 7) is 0. The van der Waals surface area contributed by atoms with Gasteiger partial charge in [0.15, 0.2) is 0 Å². The molecule has 0 saturated carbocycles. The monoisotopic (exact) mass is 210 g/mol. The zero-order chi connectivity index (χ0) is 10.6. The second-order valence-corrected chi connectivity index (χ2v) is 1.96. The minimum absolute atomic E-state index is 0.638. The van der Waals surface area contributed by atoms with Crippen LogP contribution in [-0.2, 0) is 9.68 Å². The number of hydrogen-bond donors (Lipinski definition) is 4. The van der Waals surface area contributed by atoms with E-state index in [1.165, 1.54) is 0 Å². The van der Waals surface area contributed by atoms with E-state index in [1.54, 1.807) is 0 Å². The normalized spacial score (nSPS) is 15.1. The molecule has 2 unspecified atom stereocenters. The van der Waals surface area contributed by atoms with Crippen molar-refractivity contribution in [2.24, 2.45) is 0 Å². The molecule has 12 nitrogen and oxygen atoms in total. The summed E-state index contributed by atoms with van der Waals surface area (Å²) >= 11 is 0. The zero-order valence-electron chi connectivity index (χ0n) is 7.42. The van der Waals surface area contributed by atoms with Crippen molar-refractivity contribution in [3.8, 4) is 0 Å². The van der Waals surface area contributed by atoms with E-state index in [4.69, 9.17) is 0 Å². The number of quaternary nitrogens is 2. The van der Waals surface area contributed by atoms with Gasteiger partial charge in [-0.15, -0.1) is 10.4 Å². The summed E-state index contributed by atoms with van der Waals surface area (Å²) in [4.78, 5) is 9.97. The molecule has 0 bridgehead atoms. The molecule has 1 aromatic heterocycles. The number of rotatable bonds is 4. The SMILES string of the molecule is CO[NH+]([O-])n1[nH]nn[nH]n1[NH+]([O-])OC. The Morgan fingerprint density at radius 2 is 1.36 bits per heavy atom. The van der Waals surface area contributed by atoms with E-state index in [1.807, 2.05) is 0 Å². The average Bonchev–Trinajstić information content (AvgIpc) is 2.27. The molecular formula is C2H10N8O4. The molecule has 1 aromatic rings. The fourth-order valence-electron chi connectivity index (χ4n) is 0.637. The predicted molar refractivity (Wildman–Crippen MR) is 37.8 cm³/mol. The summed E-state index contributed by atoms with van der Waals surface area (Å²) in [7, 11) is 2.29. The molecule has 0 aliphatic carbocycles. The first kappa shape index (κ1) is 10.6. The van der Waals surface area contributed by atoms with E-state index in [2.05, 4.69) is 30.5 Å². The second-order valence-electron chi connectivity index (χ2n) is 1.96. The number of hydrogen-bond acceptors (Lipinski definition) is 6. The van der Waals surface area contributed by atoms with Crippen LogP contribution in [0.15, 0.2) is 0 Å². The highest BCUT2D eigenvalue weighted by molar-refractivity contribution is 4.06. The van der Waals surface area contributed by atoms with Crippen LogP contribution in [0.4, 0.5) is 0 Å². The van der Waals surface area contributed by atoms with Crippen LogP contribution in [0.25, 0.3) is 0 Å². The smallest absolute Gasteiger partial charge is 0.0991 e. The van der Waals surface area contributed by atoms with Crippen molar-refractivity contribution >= 4 is 0 Å². The highest BCUT2D eigenvalue weighted by Gasteiger charge is 2.09. The average molecular weight is 210 g/mol. The molecule has 0 radical (unpaired) electrons. The van der Waals surface area contributed by atoms with Gasteiger partial charge in [0, 0.05) is 0 Å². The molecule has 2 atom stereocenters. The van der Waals surface area contributed by atoms with E-state index in [0.29, 0.717) is 9.81 Å². The number of H-pyrrole nitrogens is 2. The van der Waals surface area contributed by atoms with Crippen LogP contribution < -0.4 is 10.7 Å². The Morgan fingerprint density at radius 3 is 1.64 bits per heavy atom.